The normalized spacial score (nSPS) is 17.8. The molecule has 2 rings (SSSR count). The molecule has 0 bridgehead atoms. The molecule has 0 aliphatic heterocycles. The Kier molecular flexibility index (Phi) is 2.03. The number of rotatable bonds is 2. The van der Waals surface area contributed by atoms with Crippen molar-refractivity contribution in [3.05, 3.63) is 35.4 Å². The van der Waals surface area contributed by atoms with Crippen molar-refractivity contribution in [1.29, 1.82) is 5.26 Å². The van der Waals surface area contributed by atoms with Crippen LogP contribution in [-0.4, -0.2) is 5.11 Å². The third kappa shape index (κ3) is 1.71. The van der Waals surface area contributed by atoms with E-state index in [4.69, 9.17) is 5.26 Å². The molecule has 0 unspecified atom stereocenters. The van der Waals surface area contributed by atoms with E-state index in [2.05, 4.69) is 6.07 Å². The first kappa shape index (κ1) is 8.28. The molecule has 1 N–H and O–H groups in total. The van der Waals surface area contributed by atoms with E-state index in [1.807, 2.05) is 12.1 Å². The number of hydrogen-bond acceptors (Lipinski definition) is 2. The van der Waals surface area contributed by atoms with E-state index in [1.54, 1.807) is 12.1 Å². The van der Waals surface area contributed by atoms with Crippen LogP contribution in [0.4, 0.5) is 0 Å². The third-order valence-electron chi connectivity index (χ3n) is 2.43. The summed E-state index contributed by atoms with van der Waals surface area (Å²) in [6, 6.07) is 9.29. The van der Waals surface area contributed by atoms with Gasteiger partial charge < -0.3 is 5.11 Å². The average Bonchev–Trinajstić information content (AvgIpc) is 3.00. The molecule has 0 spiro atoms. The highest BCUT2D eigenvalue weighted by Gasteiger charge is 2.30. The summed E-state index contributed by atoms with van der Waals surface area (Å²) in [7, 11) is 0. The van der Waals surface area contributed by atoms with Crippen LogP contribution in [0.5, 0.6) is 0 Å². The van der Waals surface area contributed by atoms with E-state index in [9.17, 15) is 5.11 Å². The molecular formula is C11H11NO. The summed E-state index contributed by atoms with van der Waals surface area (Å²) in [5.41, 5.74) is 1.50. The molecule has 0 saturated heterocycles. The minimum absolute atomic E-state index is 0.367. The Morgan fingerprint density at radius 1 is 1.46 bits per heavy atom. The van der Waals surface area contributed by atoms with Crippen molar-refractivity contribution in [3.63, 3.8) is 0 Å². The monoisotopic (exact) mass is 173 g/mol. The van der Waals surface area contributed by atoms with Crippen molar-refractivity contribution in [1.82, 2.24) is 0 Å². The Morgan fingerprint density at radius 3 is 2.85 bits per heavy atom. The van der Waals surface area contributed by atoms with Crippen LogP contribution in [0.1, 0.15) is 30.1 Å². The van der Waals surface area contributed by atoms with E-state index in [-0.39, 0.29) is 6.10 Å². The van der Waals surface area contributed by atoms with E-state index in [0.717, 1.165) is 18.4 Å². The number of hydrogen-bond donors (Lipinski definition) is 1. The van der Waals surface area contributed by atoms with E-state index in [1.165, 1.54) is 0 Å². The average molecular weight is 173 g/mol. The van der Waals surface area contributed by atoms with Gasteiger partial charge in [0, 0.05) is 0 Å². The van der Waals surface area contributed by atoms with Gasteiger partial charge in [-0.1, -0.05) is 12.1 Å². The Morgan fingerprint density at radius 2 is 2.23 bits per heavy atom. The second-order valence-electron chi connectivity index (χ2n) is 3.52. The van der Waals surface area contributed by atoms with Gasteiger partial charge in [0.2, 0.25) is 0 Å². The second kappa shape index (κ2) is 3.20. The fraction of sp³-hybridized carbons (Fsp3) is 0.364. The molecule has 1 aliphatic carbocycles. The first-order valence-electron chi connectivity index (χ1n) is 4.49. The zero-order valence-corrected chi connectivity index (χ0v) is 7.27. The molecule has 0 heterocycles. The van der Waals surface area contributed by atoms with Crippen LogP contribution in [0.2, 0.25) is 0 Å². The summed E-state index contributed by atoms with van der Waals surface area (Å²) in [4.78, 5) is 0. The number of benzene rings is 1. The Labute approximate surface area is 77.4 Å². The zero-order valence-electron chi connectivity index (χ0n) is 7.27. The van der Waals surface area contributed by atoms with Crippen LogP contribution in [0.15, 0.2) is 24.3 Å². The largest absolute Gasteiger partial charge is 0.388 e. The molecule has 1 atom stereocenters. The molecule has 0 amide bonds. The van der Waals surface area contributed by atoms with Crippen LogP contribution in [0, 0.1) is 17.2 Å². The molecular weight excluding hydrogens is 162 g/mol. The molecule has 1 aromatic carbocycles. The van der Waals surface area contributed by atoms with Crippen molar-refractivity contribution in [3.8, 4) is 6.07 Å². The summed E-state index contributed by atoms with van der Waals surface area (Å²) in [6.07, 6.45) is 1.85. The molecule has 2 nitrogen and oxygen atoms in total. The number of aliphatic hydroxyl groups is 1. The SMILES string of the molecule is N#Cc1cccc([C@@H](O)C2CC2)c1. The highest BCUT2D eigenvalue weighted by molar-refractivity contribution is 5.34. The van der Waals surface area contributed by atoms with E-state index in [0.29, 0.717) is 11.5 Å². The summed E-state index contributed by atoms with van der Waals surface area (Å²) in [6.45, 7) is 0. The quantitative estimate of drug-likeness (QED) is 0.743. The Balaban J connectivity index is 2.24. The van der Waals surface area contributed by atoms with Gasteiger partial charge in [-0.2, -0.15) is 5.26 Å². The van der Waals surface area contributed by atoms with Gasteiger partial charge in [-0.05, 0) is 36.5 Å². The molecule has 0 radical (unpaired) electrons. The van der Waals surface area contributed by atoms with Crippen LogP contribution in [0.25, 0.3) is 0 Å². The van der Waals surface area contributed by atoms with Crippen LogP contribution < -0.4 is 0 Å². The van der Waals surface area contributed by atoms with Crippen LogP contribution in [-0.2, 0) is 0 Å². The van der Waals surface area contributed by atoms with E-state index >= 15 is 0 Å². The van der Waals surface area contributed by atoms with Gasteiger partial charge >= 0.3 is 0 Å². The third-order valence-corrected chi connectivity index (χ3v) is 2.43. The lowest BCUT2D eigenvalue weighted by atomic mass is 10.0. The highest BCUT2D eigenvalue weighted by Crippen LogP contribution is 2.40. The zero-order chi connectivity index (χ0) is 9.26. The van der Waals surface area contributed by atoms with Crippen molar-refractivity contribution in [2.24, 2.45) is 5.92 Å². The van der Waals surface area contributed by atoms with Gasteiger partial charge in [0.05, 0.1) is 17.7 Å². The van der Waals surface area contributed by atoms with Crippen LogP contribution >= 0.6 is 0 Å². The van der Waals surface area contributed by atoms with Gasteiger partial charge in [0.15, 0.2) is 0 Å². The predicted octanol–water partition coefficient (Wildman–Crippen LogP) is 2.00. The standard InChI is InChI=1S/C11H11NO/c12-7-8-2-1-3-10(6-8)11(13)9-4-5-9/h1-3,6,9,11,13H,4-5H2/t11-/m0/s1. The lowest BCUT2D eigenvalue weighted by molar-refractivity contribution is 0.154. The lowest BCUT2D eigenvalue weighted by Crippen LogP contribution is -1.99. The number of nitrogens with zero attached hydrogens (tertiary/aromatic N) is 1. The maximum atomic E-state index is 9.77. The maximum Gasteiger partial charge on any atom is 0.0991 e. The molecule has 2 heteroatoms. The Hall–Kier alpha value is -1.33. The highest BCUT2D eigenvalue weighted by atomic mass is 16.3. The summed E-state index contributed by atoms with van der Waals surface area (Å²) in [5, 5.41) is 18.4. The summed E-state index contributed by atoms with van der Waals surface area (Å²) in [5.74, 6) is 0.425. The molecule has 0 aromatic heterocycles. The molecule has 66 valence electrons. The molecule has 1 aliphatic rings. The van der Waals surface area contributed by atoms with Crippen LogP contribution in [0.3, 0.4) is 0 Å². The fourth-order valence-electron chi connectivity index (χ4n) is 1.48. The smallest absolute Gasteiger partial charge is 0.0991 e. The topological polar surface area (TPSA) is 44.0 Å². The second-order valence-corrected chi connectivity index (χ2v) is 3.52. The molecule has 1 saturated carbocycles. The summed E-state index contributed by atoms with van der Waals surface area (Å²) >= 11 is 0. The summed E-state index contributed by atoms with van der Waals surface area (Å²) < 4.78 is 0. The maximum absolute atomic E-state index is 9.77. The minimum Gasteiger partial charge on any atom is -0.388 e. The van der Waals surface area contributed by atoms with Crippen molar-refractivity contribution in [2.75, 3.05) is 0 Å². The number of aliphatic hydroxyl groups excluding tert-OH is 1. The van der Waals surface area contributed by atoms with Gasteiger partial charge in [-0.15, -0.1) is 0 Å². The van der Waals surface area contributed by atoms with Gasteiger partial charge in [0.25, 0.3) is 0 Å². The number of nitriles is 1. The van der Waals surface area contributed by atoms with E-state index < -0.39 is 0 Å². The van der Waals surface area contributed by atoms with Gasteiger partial charge in [-0.25, -0.2) is 0 Å². The first-order valence-corrected chi connectivity index (χ1v) is 4.49. The predicted molar refractivity (Wildman–Crippen MR) is 48.8 cm³/mol. The van der Waals surface area contributed by atoms with Crippen molar-refractivity contribution < 1.29 is 5.11 Å². The molecule has 1 aromatic rings. The minimum atomic E-state index is -0.367. The molecule has 13 heavy (non-hydrogen) atoms. The Bertz CT molecular complexity index is 349. The first-order chi connectivity index (χ1) is 6.31. The van der Waals surface area contributed by atoms with Crippen molar-refractivity contribution >= 4 is 0 Å². The fourth-order valence-corrected chi connectivity index (χ4v) is 1.48. The van der Waals surface area contributed by atoms with Gasteiger partial charge in [-0.3, -0.25) is 0 Å². The lowest BCUT2D eigenvalue weighted by Gasteiger charge is -2.08. The van der Waals surface area contributed by atoms with Crippen molar-refractivity contribution in [2.45, 2.75) is 18.9 Å². The van der Waals surface area contributed by atoms with Gasteiger partial charge in [0.1, 0.15) is 0 Å². The molecule has 1 fully saturated rings.